The van der Waals surface area contributed by atoms with Crippen LogP contribution in [0.25, 0.3) is 0 Å². The molecule has 6 heteroatoms. The Bertz CT molecular complexity index is 434. The van der Waals surface area contributed by atoms with Crippen LogP contribution in [0.4, 0.5) is 0 Å². The number of nitrogens with one attached hydrogen (secondary N) is 2. The third-order valence-corrected chi connectivity index (χ3v) is 6.52. The number of aliphatic hydroxyl groups excluding tert-OH is 1. The molecule has 1 amide bonds. The lowest BCUT2D eigenvalue weighted by atomic mass is 9.82. The molecule has 3 N–H and O–H groups in total. The van der Waals surface area contributed by atoms with Gasteiger partial charge in [0.05, 0.1) is 25.4 Å². The SMILES string of the molecule is O=C(NC1CCCCC1CNCCO)C1CCC(OCC2CCCO2)CC1. The molecule has 3 fully saturated rings. The van der Waals surface area contributed by atoms with Crippen molar-refractivity contribution in [3.63, 3.8) is 0 Å². The van der Waals surface area contributed by atoms with E-state index in [0.717, 1.165) is 64.5 Å². The highest BCUT2D eigenvalue weighted by molar-refractivity contribution is 5.79. The van der Waals surface area contributed by atoms with Crippen molar-refractivity contribution in [3.8, 4) is 0 Å². The monoisotopic (exact) mass is 382 g/mol. The lowest BCUT2D eigenvalue weighted by Gasteiger charge is -2.35. The molecule has 27 heavy (non-hydrogen) atoms. The fourth-order valence-corrected chi connectivity index (χ4v) is 4.82. The Kier molecular flexibility index (Phi) is 8.84. The molecule has 0 aromatic heterocycles. The molecule has 1 heterocycles. The Hall–Kier alpha value is -0.690. The summed E-state index contributed by atoms with van der Waals surface area (Å²) in [4.78, 5) is 12.8. The van der Waals surface area contributed by atoms with Gasteiger partial charge in [-0.15, -0.1) is 0 Å². The summed E-state index contributed by atoms with van der Waals surface area (Å²) < 4.78 is 11.7. The van der Waals surface area contributed by atoms with Crippen LogP contribution >= 0.6 is 0 Å². The average Bonchev–Trinajstić information content (AvgIpc) is 3.22. The number of hydrogen-bond acceptors (Lipinski definition) is 5. The van der Waals surface area contributed by atoms with Gasteiger partial charge in [0.15, 0.2) is 0 Å². The smallest absolute Gasteiger partial charge is 0.223 e. The van der Waals surface area contributed by atoms with Crippen molar-refractivity contribution in [2.75, 3.05) is 32.9 Å². The van der Waals surface area contributed by atoms with E-state index in [-0.39, 0.29) is 30.6 Å². The van der Waals surface area contributed by atoms with Gasteiger partial charge in [0.25, 0.3) is 0 Å². The van der Waals surface area contributed by atoms with E-state index in [4.69, 9.17) is 14.6 Å². The Morgan fingerprint density at radius 1 is 1.04 bits per heavy atom. The van der Waals surface area contributed by atoms with Crippen LogP contribution in [-0.4, -0.2) is 62.2 Å². The van der Waals surface area contributed by atoms with Gasteiger partial charge in [-0.25, -0.2) is 0 Å². The lowest BCUT2D eigenvalue weighted by molar-refractivity contribution is -0.128. The van der Waals surface area contributed by atoms with Crippen LogP contribution in [0.15, 0.2) is 0 Å². The van der Waals surface area contributed by atoms with Crippen LogP contribution in [0.2, 0.25) is 0 Å². The Balaban J connectivity index is 1.36. The lowest BCUT2D eigenvalue weighted by Crippen LogP contribution is -2.48. The van der Waals surface area contributed by atoms with Crippen LogP contribution < -0.4 is 10.6 Å². The van der Waals surface area contributed by atoms with E-state index in [0.29, 0.717) is 25.2 Å². The molecule has 0 bridgehead atoms. The fourth-order valence-electron chi connectivity index (χ4n) is 4.82. The third-order valence-electron chi connectivity index (χ3n) is 6.52. The minimum absolute atomic E-state index is 0.139. The number of aliphatic hydroxyl groups is 1. The molecule has 0 spiro atoms. The second-order valence-electron chi connectivity index (χ2n) is 8.53. The zero-order valence-electron chi connectivity index (χ0n) is 16.7. The van der Waals surface area contributed by atoms with E-state index in [1.54, 1.807) is 0 Å². The second kappa shape index (κ2) is 11.3. The maximum Gasteiger partial charge on any atom is 0.223 e. The fraction of sp³-hybridized carbons (Fsp3) is 0.952. The van der Waals surface area contributed by atoms with Crippen LogP contribution in [0.1, 0.15) is 64.2 Å². The molecule has 3 unspecified atom stereocenters. The van der Waals surface area contributed by atoms with Gasteiger partial charge in [-0.2, -0.15) is 0 Å². The normalized spacial score (nSPS) is 34.5. The number of carbonyl (C=O) groups is 1. The highest BCUT2D eigenvalue weighted by Gasteiger charge is 2.31. The zero-order valence-corrected chi connectivity index (χ0v) is 16.7. The average molecular weight is 383 g/mol. The van der Waals surface area contributed by atoms with Crippen molar-refractivity contribution >= 4 is 5.91 Å². The van der Waals surface area contributed by atoms with Gasteiger partial charge in [0.2, 0.25) is 5.91 Å². The van der Waals surface area contributed by atoms with E-state index >= 15 is 0 Å². The number of hydrogen-bond donors (Lipinski definition) is 3. The van der Waals surface area contributed by atoms with Gasteiger partial charge in [0, 0.05) is 31.7 Å². The summed E-state index contributed by atoms with van der Waals surface area (Å²) >= 11 is 0. The van der Waals surface area contributed by atoms with Gasteiger partial charge in [-0.05, 0) is 57.3 Å². The summed E-state index contributed by atoms with van der Waals surface area (Å²) in [7, 11) is 0. The Labute approximate surface area is 163 Å². The van der Waals surface area contributed by atoms with Crippen molar-refractivity contribution in [1.29, 1.82) is 0 Å². The Morgan fingerprint density at radius 3 is 2.59 bits per heavy atom. The summed E-state index contributed by atoms with van der Waals surface area (Å²) in [5.74, 6) is 0.868. The molecule has 3 rings (SSSR count). The van der Waals surface area contributed by atoms with Crippen LogP contribution in [0.5, 0.6) is 0 Å². The minimum atomic E-state index is 0.139. The van der Waals surface area contributed by atoms with Crippen molar-refractivity contribution in [2.24, 2.45) is 11.8 Å². The molecule has 156 valence electrons. The molecular weight excluding hydrogens is 344 g/mol. The van der Waals surface area contributed by atoms with E-state index in [1.165, 1.54) is 12.8 Å². The molecule has 2 aliphatic carbocycles. The van der Waals surface area contributed by atoms with E-state index in [1.807, 2.05) is 0 Å². The molecule has 6 nitrogen and oxygen atoms in total. The molecular formula is C21H38N2O4. The largest absolute Gasteiger partial charge is 0.395 e. The van der Waals surface area contributed by atoms with Gasteiger partial charge in [0.1, 0.15) is 0 Å². The second-order valence-corrected chi connectivity index (χ2v) is 8.53. The van der Waals surface area contributed by atoms with E-state index < -0.39 is 0 Å². The highest BCUT2D eigenvalue weighted by Crippen LogP contribution is 2.29. The number of ether oxygens (including phenoxy) is 2. The standard InChI is InChI=1S/C21H38N2O4/c24-12-11-22-14-17-4-1-2-6-20(17)23-21(25)16-7-9-18(10-8-16)27-15-19-5-3-13-26-19/h16-20,22,24H,1-15H2,(H,23,25). The highest BCUT2D eigenvalue weighted by atomic mass is 16.5. The summed E-state index contributed by atoms with van der Waals surface area (Å²) in [5.41, 5.74) is 0. The first-order valence-electron chi connectivity index (χ1n) is 11.1. The molecule has 0 aromatic rings. The first-order valence-corrected chi connectivity index (χ1v) is 11.1. The molecule has 2 saturated carbocycles. The van der Waals surface area contributed by atoms with Gasteiger partial charge >= 0.3 is 0 Å². The summed E-state index contributed by atoms with van der Waals surface area (Å²) in [6.45, 7) is 3.27. The molecule has 3 atom stereocenters. The van der Waals surface area contributed by atoms with Crippen LogP contribution in [-0.2, 0) is 14.3 Å². The molecule has 1 aliphatic heterocycles. The first-order chi connectivity index (χ1) is 13.3. The topological polar surface area (TPSA) is 79.8 Å². The predicted molar refractivity (Wildman–Crippen MR) is 105 cm³/mol. The zero-order chi connectivity index (χ0) is 18.9. The van der Waals surface area contributed by atoms with Crippen molar-refractivity contribution in [3.05, 3.63) is 0 Å². The van der Waals surface area contributed by atoms with Crippen LogP contribution in [0.3, 0.4) is 0 Å². The summed E-state index contributed by atoms with van der Waals surface area (Å²) in [6.07, 6.45) is 11.4. The van der Waals surface area contributed by atoms with Gasteiger partial charge in [-0.1, -0.05) is 12.8 Å². The Morgan fingerprint density at radius 2 is 1.85 bits per heavy atom. The van der Waals surface area contributed by atoms with Crippen LogP contribution in [0, 0.1) is 11.8 Å². The van der Waals surface area contributed by atoms with Crippen molar-refractivity contribution in [2.45, 2.75) is 82.5 Å². The molecule has 0 aromatic carbocycles. The summed E-state index contributed by atoms with van der Waals surface area (Å²) in [5, 5.41) is 15.6. The first kappa shape index (κ1) is 21.0. The number of amides is 1. The minimum Gasteiger partial charge on any atom is -0.395 e. The summed E-state index contributed by atoms with van der Waals surface area (Å²) in [6, 6.07) is 0.283. The van der Waals surface area contributed by atoms with E-state index in [2.05, 4.69) is 10.6 Å². The third kappa shape index (κ3) is 6.70. The van der Waals surface area contributed by atoms with E-state index in [9.17, 15) is 4.79 Å². The number of carbonyl (C=O) groups excluding carboxylic acids is 1. The number of rotatable bonds is 9. The van der Waals surface area contributed by atoms with Crippen molar-refractivity contribution in [1.82, 2.24) is 10.6 Å². The maximum absolute atomic E-state index is 12.8. The quantitative estimate of drug-likeness (QED) is 0.532. The van der Waals surface area contributed by atoms with Gasteiger partial charge in [-0.3, -0.25) is 4.79 Å². The van der Waals surface area contributed by atoms with Crippen molar-refractivity contribution < 1.29 is 19.4 Å². The molecule has 3 aliphatic rings. The molecule has 1 saturated heterocycles. The maximum atomic E-state index is 12.8. The molecule has 0 radical (unpaired) electrons. The predicted octanol–water partition coefficient (Wildman–Crippen LogP) is 2.00. The van der Waals surface area contributed by atoms with Gasteiger partial charge < -0.3 is 25.2 Å².